The lowest BCUT2D eigenvalue weighted by molar-refractivity contribution is -0.121. The van der Waals surface area contributed by atoms with Crippen LogP contribution in [0.15, 0.2) is 62.3 Å². The Morgan fingerprint density at radius 3 is 2.52 bits per heavy atom. The van der Waals surface area contributed by atoms with Crippen molar-refractivity contribution < 1.29 is 17.6 Å². The van der Waals surface area contributed by atoms with E-state index in [1.807, 2.05) is 31.2 Å². The average Bonchev–Trinajstić information content (AvgIpc) is 3.23. The maximum absolute atomic E-state index is 12.8. The van der Waals surface area contributed by atoms with Gasteiger partial charge in [0.25, 0.3) is 0 Å². The van der Waals surface area contributed by atoms with Crippen LogP contribution in [0.25, 0.3) is 11.5 Å². The van der Waals surface area contributed by atoms with Crippen LogP contribution in [0.1, 0.15) is 18.4 Å². The van der Waals surface area contributed by atoms with Crippen molar-refractivity contribution in [2.75, 3.05) is 18.4 Å². The third-order valence-corrected chi connectivity index (χ3v) is 7.62. The molecule has 0 aliphatic carbocycles. The van der Waals surface area contributed by atoms with Crippen molar-refractivity contribution in [3.8, 4) is 11.5 Å². The minimum Gasteiger partial charge on any atom is -0.403 e. The Hall–Kier alpha value is -2.56. The minimum absolute atomic E-state index is 0.0229. The number of carbonyl (C=O) groups is 1. The third kappa shape index (κ3) is 4.86. The van der Waals surface area contributed by atoms with Gasteiger partial charge in [0.1, 0.15) is 0 Å². The normalized spacial score (nSPS) is 15.7. The molecule has 2 aromatic carbocycles. The number of anilines is 1. The molecule has 0 radical (unpaired) electrons. The molecule has 0 spiro atoms. The minimum atomic E-state index is -3.56. The SMILES string of the molecule is Cc1ccc(S(=O)(=O)N2CCC(C(=O)Nc3nnc(-c4cccc(Br)c4)o3)CC2)cc1. The molecular formula is C21H21BrN4O4S. The lowest BCUT2D eigenvalue weighted by atomic mass is 9.97. The molecule has 1 aliphatic heterocycles. The molecule has 1 aromatic heterocycles. The molecule has 4 rings (SSSR count). The predicted octanol–water partition coefficient (Wildman–Crippen LogP) is 3.85. The Morgan fingerprint density at radius 1 is 1.13 bits per heavy atom. The van der Waals surface area contributed by atoms with Gasteiger partial charge in [0.15, 0.2) is 0 Å². The fourth-order valence-electron chi connectivity index (χ4n) is 3.44. The maximum atomic E-state index is 12.8. The van der Waals surface area contributed by atoms with E-state index >= 15 is 0 Å². The van der Waals surface area contributed by atoms with E-state index in [2.05, 4.69) is 31.4 Å². The van der Waals surface area contributed by atoms with Crippen molar-refractivity contribution in [1.82, 2.24) is 14.5 Å². The third-order valence-electron chi connectivity index (χ3n) is 5.21. The number of aryl methyl sites for hydroxylation is 1. The van der Waals surface area contributed by atoms with Gasteiger partial charge in [-0.25, -0.2) is 8.42 Å². The highest BCUT2D eigenvalue weighted by Crippen LogP contribution is 2.26. The highest BCUT2D eigenvalue weighted by Gasteiger charge is 2.32. The Morgan fingerprint density at radius 2 is 1.84 bits per heavy atom. The van der Waals surface area contributed by atoms with E-state index in [-0.39, 0.29) is 35.8 Å². The van der Waals surface area contributed by atoms with Crippen LogP contribution in [0.2, 0.25) is 0 Å². The van der Waals surface area contributed by atoms with Gasteiger partial charge in [0.2, 0.25) is 21.8 Å². The van der Waals surface area contributed by atoms with Gasteiger partial charge in [-0.15, -0.1) is 5.10 Å². The van der Waals surface area contributed by atoms with Crippen molar-refractivity contribution in [2.45, 2.75) is 24.7 Å². The summed E-state index contributed by atoms with van der Waals surface area (Å²) in [5.41, 5.74) is 1.73. The highest BCUT2D eigenvalue weighted by atomic mass is 79.9. The van der Waals surface area contributed by atoms with Gasteiger partial charge >= 0.3 is 6.01 Å². The lowest BCUT2D eigenvalue weighted by Crippen LogP contribution is -2.41. The average molecular weight is 505 g/mol. The quantitative estimate of drug-likeness (QED) is 0.565. The topological polar surface area (TPSA) is 105 Å². The molecule has 2 heterocycles. The fourth-order valence-corrected chi connectivity index (χ4v) is 5.31. The number of piperidine rings is 1. The van der Waals surface area contributed by atoms with Crippen molar-refractivity contribution in [3.63, 3.8) is 0 Å². The molecule has 0 atom stereocenters. The van der Waals surface area contributed by atoms with Crippen molar-refractivity contribution >= 4 is 37.9 Å². The van der Waals surface area contributed by atoms with Crippen LogP contribution in [0.4, 0.5) is 6.01 Å². The molecule has 0 saturated carbocycles. The first kappa shape index (κ1) is 21.7. The number of halogens is 1. The number of carbonyl (C=O) groups excluding carboxylic acids is 1. The molecule has 0 unspecified atom stereocenters. The number of nitrogens with zero attached hydrogens (tertiary/aromatic N) is 3. The van der Waals surface area contributed by atoms with E-state index in [0.29, 0.717) is 18.7 Å². The summed E-state index contributed by atoms with van der Waals surface area (Å²) in [5, 5.41) is 10.5. The fraction of sp³-hybridized carbons (Fsp3) is 0.286. The largest absolute Gasteiger partial charge is 0.403 e. The highest BCUT2D eigenvalue weighted by molar-refractivity contribution is 9.10. The standard InChI is InChI=1S/C21H21BrN4O4S/c1-14-5-7-18(8-6-14)31(28,29)26-11-9-15(10-12-26)19(27)23-21-25-24-20(30-21)16-3-2-4-17(22)13-16/h2-8,13,15H,9-12H2,1H3,(H,23,25,27). The van der Waals surface area contributed by atoms with E-state index in [9.17, 15) is 13.2 Å². The second-order valence-corrected chi connectivity index (χ2v) is 10.3. The Labute approximate surface area is 188 Å². The molecule has 162 valence electrons. The van der Waals surface area contributed by atoms with Crippen LogP contribution in [-0.4, -0.2) is 41.9 Å². The van der Waals surface area contributed by atoms with Crippen molar-refractivity contribution in [3.05, 3.63) is 58.6 Å². The molecule has 1 fully saturated rings. The molecule has 0 bridgehead atoms. The maximum Gasteiger partial charge on any atom is 0.322 e. The molecule has 3 aromatic rings. The van der Waals surface area contributed by atoms with Gasteiger partial charge in [0.05, 0.1) is 4.90 Å². The van der Waals surface area contributed by atoms with Gasteiger partial charge < -0.3 is 4.42 Å². The zero-order valence-corrected chi connectivity index (χ0v) is 19.2. The number of rotatable bonds is 5. The first-order valence-electron chi connectivity index (χ1n) is 9.80. The zero-order chi connectivity index (χ0) is 22.0. The van der Waals surface area contributed by atoms with Crippen LogP contribution in [0.5, 0.6) is 0 Å². The van der Waals surface area contributed by atoms with Crippen LogP contribution in [-0.2, 0) is 14.8 Å². The van der Waals surface area contributed by atoms with Gasteiger partial charge in [-0.2, -0.15) is 4.31 Å². The predicted molar refractivity (Wildman–Crippen MR) is 119 cm³/mol. The molecule has 31 heavy (non-hydrogen) atoms. The van der Waals surface area contributed by atoms with Gasteiger partial charge in [-0.1, -0.05) is 44.8 Å². The second kappa shape index (κ2) is 8.89. The molecule has 1 N–H and O–H groups in total. The number of hydrogen-bond acceptors (Lipinski definition) is 6. The number of sulfonamides is 1. The van der Waals surface area contributed by atoms with Gasteiger partial charge in [0, 0.05) is 29.0 Å². The summed E-state index contributed by atoms with van der Waals surface area (Å²) in [6, 6.07) is 14.2. The molecule has 1 amide bonds. The first-order chi connectivity index (χ1) is 14.8. The van der Waals surface area contributed by atoms with E-state index in [0.717, 1.165) is 15.6 Å². The van der Waals surface area contributed by atoms with Gasteiger partial charge in [-0.3, -0.25) is 10.1 Å². The van der Waals surface area contributed by atoms with E-state index < -0.39 is 10.0 Å². The molecule has 1 aliphatic rings. The smallest absolute Gasteiger partial charge is 0.322 e. The number of hydrogen-bond donors (Lipinski definition) is 1. The summed E-state index contributed by atoms with van der Waals surface area (Å²) in [6.07, 6.45) is 0.840. The van der Waals surface area contributed by atoms with E-state index in [1.54, 1.807) is 24.3 Å². The second-order valence-electron chi connectivity index (χ2n) is 7.40. The number of aromatic nitrogens is 2. The summed E-state index contributed by atoms with van der Waals surface area (Å²) in [4.78, 5) is 12.9. The van der Waals surface area contributed by atoms with Crippen LogP contribution in [0, 0.1) is 12.8 Å². The molecule has 8 nitrogen and oxygen atoms in total. The summed E-state index contributed by atoms with van der Waals surface area (Å²) in [7, 11) is -3.56. The van der Waals surface area contributed by atoms with E-state index in [4.69, 9.17) is 4.42 Å². The monoisotopic (exact) mass is 504 g/mol. The summed E-state index contributed by atoms with van der Waals surface area (Å²) in [6.45, 7) is 2.47. The molecule has 10 heteroatoms. The molecular weight excluding hydrogens is 484 g/mol. The van der Waals surface area contributed by atoms with E-state index in [1.165, 1.54) is 4.31 Å². The Bertz CT molecular complexity index is 1190. The summed E-state index contributed by atoms with van der Waals surface area (Å²) >= 11 is 3.39. The number of nitrogens with one attached hydrogen (secondary N) is 1. The zero-order valence-electron chi connectivity index (χ0n) is 16.8. The Kier molecular flexibility index (Phi) is 6.22. The lowest BCUT2D eigenvalue weighted by Gasteiger charge is -2.30. The summed E-state index contributed by atoms with van der Waals surface area (Å²) < 4.78 is 33.5. The van der Waals surface area contributed by atoms with Crippen molar-refractivity contribution in [2.24, 2.45) is 5.92 Å². The van der Waals surface area contributed by atoms with Crippen LogP contribution in [0.3, 0.4) is 0 Å². The van der Waals surface area contributed by atoms with Crippen molar-refractivity contribution in [1.29, 1.82) is 0 Å². The van der Waals surface area contributed by atoms with Gasteiger partial charge in [-0.05, 0) is 50.1 Å². The summed E-state index contributed by atoms with van der Waals surface area (Å²) in [5.74, 6) is -0.280. The molecule has 1 saturated heterocycles. The number of benzene rings is 2. The first-order valence-corrected chi connectivity index (χ1v) is 12.0. The van der Waals surface area contributed by atoms with Crippen LogP contribution < -0.4 is 5.32 Å². The Balaban J connectivity index is 1.36. The van der Waals surface area contributed by atoms with Crippen LogP contribution >= 0.6 is 15.9 Å². The number of amides is 1.